The van der Waals surface area contributed by atoms with Crippen LogP contribution in [0, 0.1) is 17.8 Å². The number of aryl methyl sites for hydroxylation is 1. The van der Waals surface area contributed by atoms with Crippen molar-refractivity contribution in [1.29, 1.82) is 0 Å². The van der Waals surface area contributed by atoms with Crippen LogP contribution in [0.1, 0.15) is 54.6 Å². The van der Waals surface area contributed by atoms with E-state index in [0.29, 0.717) is 5.41 Å². The Morgan fingerprint density at radius 2 is 1.59 bits per heavy atom. The summed E-state index contributed by atoms with van der Waals surface area (Å²) < 4.78 is 1.17. The molecule has 0 unspecified atom stereocenters. The van der Waals surface area contributed by atoms with E-state index < -0.39 is 0 Å². The Bertz CT molecular complexity index is 909. The first-order valence-electron chi connectivity index (χ1n) is 9.97. The third kappa shape index (κ3) is 2.89. The van der Waals surface area contributed by atoms with Crippen LogP contribution in [-0.4, -0.2) is 15.7 Å². The van der Waals surface area contributed by atoms with E-state index in [2.05, 4.69) is 22.5 Å². The van der Waals surface area contributed by atoms with Gasteiger partial charge in [0.05, 0.1) is 0 Å². The van der Waals surface area contributed by atoms with Gasteiger partial charge in [0.1, 0.15) is 5.69 Å². The van der Waals surface area contributed by atoms with Gasteiger partial charge in [-0.15, -0.1) is 0 Å². The van der Waals surface area contributed by atoms with E-state index in [1.165, 1.54) is 60.9 Å². The van der Waals surface area contributed by atoms with Crippen molar-refractivity contribution in [1.82, 2.24) is 9.78 Å². The van der Waals surface area contributed by atoms with Crippen molar-refractivity contribution in [2.24, 2.45) is 24.8 Å². The van der Waals surface area contributed by atoms with Gasteiger partial charge in [-0.3, -0.25) is 9.59 Å². The van der Waals surface area contributed by atoms with Gasteiger partial charge in [0, 0.05) is 18.8 Å². The summed E-state index contributed by atoms with van der Waals surface area (Å²) >= 11 is 0. The molecule has 4 fully saturated rings. The van der Waals surface area contributed by atoms with Crippen molar-refractivity contribution in [2.45, 2.75) is 43.9 Å². The summed E-state index contributed by atoms with van der Waals surface area (Å²) in [5, 5.41) is 6.89. The fraction of sp³-hybridized carbons (Fsp3) is 0.500. The minimum Gasteiger partial charge on any atom is -0.321 e. The Balaban J connectivity index is 1.34. The van der Waals surface area contributed by atoms with Gasteiger partial charge in [-0.2, -0.15) is 5.10 Å². The molecule has 4 saturated carbocycles. The molecule has 0 spiro atoms. The normalized spacial score (nSPS) is 31.1. The predicted octanol–water partition coefficient (Wildman–Crippen LogP) is 3.50. The molecule has 4 aliphatic rings. The maximum Gasteiger partial charge on any atom is 0.276 e. The molecule has 0 radical (unpaired) electrons. The maximum absolute atomic E-state index is 12.4. The number of hydrogen-bond acceptors (Lipinski definition) is 3. The van der Waals surface area contributed by atoms with E-state index in [0.717, 1.165) is 23.4 Å². The summed E-state index contributed by atoms with van der Waals surface area (Å²) in [6.45, 7) is 0. The van der Waals surface area contributed by atoms with E-state index >= 15 is 0 Å². The number of aromatic nitrogens is 2. The van der Waals surface area contributed by atoms with Crippen molar-refractivity contribution in [2.75, 3.05) is 5.32 Å². The van der Waals surface area contributed by atoms with Gasteiger partial charge in [-0.05, 0) is 85.5 Å². The van der Waals surface area contributed by atoms with Gasteiger partial charge in [-0.25, -0.2) is 4.68 Å². The summed E-state index contributed by atoms with van der Waals surface area (Å²) in [7, 11) is 1.54. The van der Waals surface area contributed by atoms with Gasteiger partial charge in [0.15, 0.2) is 0 Å². The van der Waals surface area contributed by atoms with Gasteiger partial charge in [0.25, 0.3) is 11.5 Å². The minimum absolute atomic E-state index is 0.230. The third-order valence-electron chi connectivity index (χ3n) is 6.99. The van der Waals surface area contributed by atoms with Gasteiger partial charge >= 0.3 is 0 Å². The first kappa shape index (κ1) is 16.7. The molecule has 140 valence electrons. The number of benzene rings is 1. The molecule has 2 aromatic rings. The molecule has 5 nitrogen and oxygen atoms in total. The number of carbonyl (C=O) groups is 1. The van der Waals surface area contributed by atoms with Crippen LogP contribution in [0.2, 0.25) is 0 Å². The van der Waals surface area contributed by atoms with E-state index in [1.54, 1.807) is 7.05 Å². The number of nitrogens with zero attached hydrogens (tertiary/aromatic N) is 2. The second kappa shape index (κ2) is 6.04. The lowest BCUT2D eigenvalue weighted by atomic mass is 9.48. The van der Waals surface area contributed by atoms with Crippen LogP contribution in [0.5, 0.6) is 0 Å². The van der Waals surface area contributed by atoms with E-state index in [4.69, 9.17) is 0 Å². The average Bonchev–Trinajstić information content (AvgIpc) is 2.63. The molecule has 5 heteroatoms. The SMILES string of the molecule is Cn1nc(C(=O)Nc2ccc(C34CC5CC(CC(C5)C3)C4)cc2)ccc1=O. The molecule has 1 N–H and O–H groups in total. The quantitative estimate of drug-likeness (QED) is 0.908. The largest absolute Gasteiger partial charge is 0.321 e. The third-order valence-corrected chi connectivity index (χ3v) is 6.99. The predicted molar refractivity (Wildman–Crippen MR) is 104 cm³/mol. The number of hydrogen-bond donors (Lipinski definition) is 1. The number of rotatable bonds is 3. The zero-order valence-corrected chi connectivity index (χ0v) is 15.6. The summed E-state index contributed by atoms with van der Waals surface area (Å²) in [5.74, 6) is 2.47. The Kier molecular flexibility index (Phi) is 3.74. The van der Waals surface area contributed by atoms with E-state index in [-0.39, 0.29) is 17.2 Å². The smallest absolute Gasteiger partial charge is 0.276 e. The van der Waals surface area contributed by atoms with Crippen molar-refractivity contribution < 1.29 is 4.79 Å². The number of anilines is 1. The lowest BCUT2D eigenvalue weighted by Crippen LogP contribution is -2.48. The van der Waals surface area contributed by atoms with Crippen LogP contribution < -0.4 is 10.9 Å². The van der Waals surface area contributed by atoms with Crippen molar-refractivity contribution >= 4 is 11.6 Å². The van der Waals surface area contributed by atoms with Crippen LogP contribution in [0.3, 0.4) is 0 Å². The van der Waals surface area contributed by atoms with Gasteiger partial charge in [-0.1, -0.05) is 12.1 Å². The van der Waals surface area contributed by atoms with Crippen LogP contribution in [-0.2, 0) is 12.5 Å². The molecule has 0 aliphatic heterocycles. The van der Waals surface area contributed by atoms with E-state index in [1.807, 2.05) is 12.1 Å². The standard InChI is InChI=1S/C22H25N3O2/c1-25-20(26)7-6-19(24-25)21(27)23-18-4-2-17(3-5-18)22-11-14-8-15(12-22)10-16(9-14)13-22/h2-7,14-16H,8-13H2,1H3,(H,23,27). The number of carbonyl (C=O) groups excluding carboxylic acids is 1. The molecule has 1 aromatic carbocycles. The van der Waals surface area contributed by atoms with Crippen molar-refractivity contribution in [3.05, 3.63) is 58.0 Å². The molecule has 27 heavy (non-hydrogen) atoms. The second-order valence-electron chi connectivity index (χ2n) is 8.91. The van der Waals surface area contributed by atoms with Crippen molar-refractivity contribution in [3.63, 3.8) is 0 Å². The van der Waals surface area contributed by atoms with Crippen LogP contribution in [0.15, 0.2) is 41.2 Å². The summed E-state index contributed by atoms with van der Waals surface area (Å²) in [4.78, 5) is 23.8. The summed E-state index contributed by atoms with van der Waals surface area (Å²) in [6, 6.07) is 11.2. The molecule has 0 saturated heterocycles. The topological polar surface area (TPSA) is 64.0 Å². The zero-order valence-electron chi connectivity index (χ0n) is 15.6. The highest BCUT2D eigenvalue weighted by molar-refractivity contribution is 6.02. The highest BCUT2D eigenvalue weighted by Gasteiger charge is 2.51. The Labute approximate surface area is 158 Å². The minimum atomic E-state index is -0.298. The molecule has 4 aliphatic carbocycles. The zero-order chi connectivity index (χ0) is 18.6. The number of amides is 1. The monoisotopic (exact) mass is 363 g/mol. The maximum atomic E-state index is 12.4. The van der Waals surface area contributed by atoms with Gasteiger partial charge in [0.2, 0.25) is 0 Å². The molecule has 1 amide bonds. The molecule has 4 bridgehead atoms. The molecule has 1 heterocycles. The Morgan fingerprint density at radius 1 is 1.00 bits per heavy atom. The van der Waals surface area contributed by atoms with E-state index in [9.17, 15) is 9.59 Å². The van der Waals surface area contributed by atoms with Gasteiger partial charge < -0.3 is 5.32 Å². The summed E-state index contributed by atoms with van der Waals surface area (Å²) in [6.07, 6.45) is 8.35. The molecular formula is C22H25N3O2. The molecule has 6 rings (SSSR count). The van der Waals surface area contributed by atoms with Crippen LogP contribution >= 0.6 is 0 Å². The number of nitrogens with one attached hydrogen (secondary N) is 1. The molecule has 0 atom stereocenters. The first-order valence-corrected chi connectivity index (χ1v) is 9.97. The first-order chi connectivity index (χ1) is 13.0. The molecule has 1 aromatic heterocycles. The lowest BCUT2D eigenvalue weighted by molar-refractivity contribution is -0.00518. The lowest BCUT2D eigenvalue weighted by Gasteiger charge is -2.57. The highest BCUT2D eigenvalue weighted by atomic mass is 16.2. The Morgan fingerprint density at radius 3 is 2.15 bits per heavy atom. The fourth-order valence-electron chi connectivity index (χ4n) is 6.19. The Hall–Kier alpha value is -2.43. The molecular weight excluding hydrogens is 338 g/mol. The second-order valence-corrected chi connectivity index (χ2v) is 8.91. The van der Waals surface area contributed by atoms with Crippen LogP contribution in [0.4, 0.5) is 5.69 Å². The summed E-state index contributed by atoms with van der Waals surface area (Å²) in [5.41, 5.74) is 2.59. The average molecular weight is 363 g/mol. The highest BCUT2D eigenvalue weighted by Crippen LogP contribution is 2.60. The fourth-order valence-corrected chi connectivity index (χ4v) is 6.19. The van der Waals surface area contributed by atoms with Crippen molar-refractivity contribution in [3.8, 4) is 0 Å². The van der Waals surface area contributed by atoms with Crippen LogP contribution in [0.25, 0.3) is 0 Å².